The van der Waals surface area contributed by atoms with Gasteiger partial charge in [-0.1, -0.05) is 13.3 Å². The summed E-state index contributed by atoms with van der Waals surface area (Å²) in [6.07, 6.45) is 5.57. The fraction of sp³-hybridized carbons (Fsp3) is 1.00. The minimum absolute atomic E-state index is 0.745. The van der Waals surface area contributed by atoms with Gasteiger partial charge in [-0.05, 0) is 46.3 Å². The molecule has 2 nitrogen and oxygen atoms in total. The van der Waals surface area contributed by atoms with Crippen LogP contribution in [0.3, 0.4) is 0 Å². The van der Waals surface area contributed by atoms with Crippen molar-refractivity contribution in [2.24, 2.45) is 5.92 Å². The highest BCUT2D eigenvalue weighted by Crippen LogP contribution is 2.33. The van der Waals surface area contributed by atoms with Gasteiger partial charge in [-0.15, -0.1) is 0 Å². The molecule has 1 aliphatic rings. The van der Waals surface area contributed by atoms with E-state index in [0.29, 0.717) is 0 Å². The van der Waals surface area contributed by atoms with Crippen LogP contribution in [-0.2, 0) is 0 Å². The van der Waals surface area contributed by atoms with Crippen molar-refractivity contribution in [1.82, 2.24) is 10.2 Å². The Kier molecular flexibility index (Phi) is 6.78. The predicted molar refractivity (Wildman–Crippen MR) is 75.3 cm³/mol. The van der Waals surface area contributed by atoms with Crippen molar-refractivity contribution < 1.29 is 0 Å². The van der Waals surface area contributed by atoms with E-state index in [1.807, 2.05) is 0 Å². The highest BCUT2D eigenvalue weighted by Gasteiger charge is 2.28. The van der Waals surface area contributed by atoms with Gasteiger partial charge in [0.1, 0.15) is 0 Å². The topological polar surface area (TPSA) is 15.3 Å². The normalized spacial score (nSPS) is 30.9. The Morgan fingerprint density at radius 3 is 2.62 bits per heavy atom. The van der Waals surface area contributed by atoms with Crippen LogP contribution in [0.25, 0.3) is 0 Å². The first-order valence-corrected chi connectivity index (χ1v) is 7.65. The summed E-state index contributed by atoms with van der Waals surface area (Å²) in [6.45, 7) is 3.54. The number of nitrogens with one attached hydrogen (secondary N) is 1. The lowest BCUT2D eigenvalue weighted by atomic mass is 9.84. The lowest BCUT2D eigenvalue weighted by Crippen LogP contribution is -2.41. The second-order valence-electron chi connectivity index (χ2n) is 5.20. The predicted octanol–water partition coefficient (Wildman–Crippen LogP) is 2.45. The van der Waals surface area contributed by atoms with Crippen molar-refractivity contribution >= 4 is 11.8 Å². The maximum absolute atomic E-state index is 3.50. The average molecular weight is 244 g/mol. The van der Waals surface area contributed by atoms with Crippen LogP contribution in [0, 0.1) is 5.92 Å². The van der Waals surface area contributed by atoms with Crippen LogP contribution in [0.4, 0.5) is 0 Å². The fourth-order valence-corrected chi connectivity index (χ4v) is 4.17. The first-order chi connectivity index (χ1) is 7.67. The van der Waals surface area contributed by atoms with Gasteiger partial charge in [0.2, 0.25) is 0 Å². The maximum atomic E-state index is 3.50. The molecule has 1 aliphatic carbocycles. The van der Waals surface area contributed by atoms with Crippen molar-refractivity contribution in [2.45, 2.75) is 43.9 Å². The number of rotatable bonds is 6. The van der Waals surface area contributed by atoms with E-state index in [1.54, 1.807) is 0 Å². The molecule has 0 aromatic rings. The zero-order valence-corrected chi connectivity index (χ0v) is 12.1. The Balaban J connectivity index is 2.33. The van der Waals surface area contributed by atoms with Crippen LogP contribution in [-0.4, -0.2) is 49.6 Å². The molecule has 0 aromatic heterocycles. The molecular weight excluding hydrogens is 216 g/mol. The highest BCUT2D eigenvalue weighted by atomic mass is 32.2. The molecule has 1 N–H and O–H groups in total. The summed E-state index contributed by atoms with van der Waals surface area (Å²) in [7, 11) is 6.44. The van der Waals surface area contributed by atoms with Gasteiger partial charge in [-0.3, -0.25) is 0 Å². The lowest BCUT2D eigenvalue weighted by Gasteiger charge is -2.35. The quantitative estimate of drug-likeness (QED) is 0.772. The Bertz CT molecular complexity index is 185. The van der Waals surface area contributed by atoms with Crippen LogP contribution in [0.15, 0.2) is 0 Å². The zero-order valence-electron chi connectivity index (χ0n) is 11.3. The van der Waals surface area contributed by atoms with E-state index in [4.69, 9.17) is 0 Å². The van der Waals surface area contributed by atoms with Crippen molar-refractivity contribution in [2.75, 3.05) is 33.4 Å². The molecular formula is C13H28N2S. The Hall–Kier alpha value is 0.270. The Morgan fingerprint density at radius 2 is 2.06 bits per heavy atom. The van der Waals surface area contributed by atoms with Crippen LogP contribution < -0.4 is 5.32 Å². The Labute approximate surface area is 106 Å². The number of thioether (sulfide) groups is 1. The van der Waals surface area contributed by atoms with Crippen LogP contribution in [0.5, 0.6) is 0 Å². The fourth-order valence-electron chi connectivity index (χ4n) is 2.48. The molecule has 3 heteroatoms. The van der Waals surface area contributed by atoms with Crippen molar-refractivity contribution in [3.8, 4) is 0 Å². The van der Waals surface area contributed by atoms with E-state index in [9.17, 15) is 0 Å². The summed E-state index contributed by atoms with van der Waals surface area (Å²) >= 11 is 2.17. The molecule has 1 rings (SSSR count). The van der Waals surface area contributed by atoms with E-state index in [2.05, 4.69) is 50.0 Å². The standard InChI is InChI=1S/C13H28N2S/c1-5-11-6-7-12(14-2)13(10-11)16-9-8-15(3)4/h11-14H,5-10H2,1-4H3. The third-order valence-electron chi connectivity index (χ3n) is 3.72. The minimum atomic E-state index is 0.745. The van der Waals surface area contributed by atoms with Gasteiger partial charge in [0.25, 0.3) is 0 Å². The maximum Gasteiger partial charge on any atom is 0.0204 e. The van der Waals surface area contributed by atoms with E-state index in [1.165, 1.54) is 38.0 Å². The number of hydrogen-bond donors (Lipinski definition) is 1. The van der Waals surface area contributed by atoms with Gasteiger partial charge >= 0.3 is 0 Å². The molecule has 96 valence electrons. The summed E-state index contributed by atoms with van der Waals surface area (Å²) < 4.78 is 0. The molecule has 3 atom stereocenters. The van der Waals surface area contributed by atoms with Crippen LogP contribution in [0.2, 0.25) is 0 Å². The van der Waals surface area contributed by atoms with E-state index >= 15 is 0 Å². The summed E-state index contributed by atoms with van der Waals surface area (Å²) in [4.78, 5) is 2.28. The molecule has 0 radical (unpaired) electrons. The Morgan fingerprint density at radius 1 is 1.31 bits per heavy atom. The largest absolute Gasteiger partial charge is 0.316 e. The van der Waals surface area contributed by atoms with E-state index in [0.717, 1.165) is 17.2 Å². The van der Waals surface area contributed by atoms with Crippen LogP contribution in [0.1, 0.15) is 32.6 Å². The molecule has 0 heterocycles. The van der Waals surface area contributed by atoms with Crippen molar-refractivity contribution in [1.29, 1.82) is 0 Å². The SMILES string of the molecule is CCC1CCC(NC)C(SCCN(C)C)C1. The summed E-state index contributed by atoms with van der Waals surface area (Å²) in [6, 6.07) is 0.745. The second kappa shape index (κ2) is 7.57. The molecule has 0 spiro atoms. The summed E-state index contributed by atoms with van der Waals surface area (Å²) in [5.41, 5.74) is 0. The van der Waals surface area contributed by atoms with Crippen molar-refractivity contribution in [3.05, 3.63) is 0 Å². The first kappa shape index (κ1) is 14.3. The summed E-state index contributed by atoms with van der Waals surface area (Å²) in [5, 5.41) is 4.34. The third-order valence-corrected chi connectivity index (χ3v) is 5.09. The van der Waals surface area contributed by atoms with Gasteiger partial charge in [-0.2, -0.15) is 11.8 Å². The molecule has 3 unspecified atom stereocenters. The number of hydrogen-bond acceptors (Lipinski definition) is 3. The summed E-state index contributed by atoms with van der Waals surface area (Å²) in [5.74, 6) is 2.24. The molecule has 0 aliphatic heterocycles. The third kappa shape index (κ3) is 4.64. The number of nitrogens with zero attached hydrogens (tertiary/aromatic N) is 1. The zero-order chi connectivity index (χ0) is 12.0. The molecule has 1 saturated carbocycles. The monoisotopic (exact) mass is 244 g/mol. The highest BCUT2D eigenvalue weighted by molar-refractivity contribution is 8.00. The van der Waals surface area contributed by atoms with Crippen LogP contribution >= 0.6 is 11.8 Å². The van der Waals surface area contributed by atoms with E-state index < -0.39 is 0 Å². The molecule has 16 heavy (non-hydrogen) atoms. The van der Waals surface area contributed by atoms with Gasteiger partial charge in [0.05, 0.1) is 0 Å². The van der Waals surface area contributed by atoms with E-state index in [-0.39, 0.29) is 0 Å². The van der Waals surface area contributed by atoms with Gasteiger partial charge in [0.15, 0.2) is 0 Å². The molecule has 0 amide bonds. The van der Waals surface area contributed by atoms with Gasteiger partial charge < -0.3 is 10.2 Å². The molecule has 0 aromatic carbocycles. The minimum Gasteiger partial charge on any atom is -0.316 e. The molecule has 1 fully saturated rings. The van der Waals surface area contributed by atoms with Gasteiger partial charge in [0, 0.05) is 23.6 Å². The molecule has 0 bridgehead atoms. The lowest BCUT2D eigenvalue weighted by molar-refractivity contribution is 0.304. The smallest absolute Gasteiger partial charge is 0.0204 e. The van der Waals surface area contributed by atoms with Gasteiger partial charge in [-0.25, -0.2) is 0 Å². The average Bonchev–Trinajstić information content (AvgIpc) is 2.28. The van der Waals surface area contributed by atoms with Crippen molar-refractivity contribution in [3.63, 3.8) is 0 Å². The second-order valence-corrected chi connectivity index (χ2v) is 6.54. The molecule has 0 saturated heterocycles. The first-order valence-electron chi connectivity index (χ1n) is 6.61.